The third-order valence-corrected chi connectivity index (χ3v) is 7.15. The summed E-state index contributed by atoms with van der Waals surface area (Å²) < 4.78 is 11.5. The Labute approximate surface area is 204 Å². The Morgan fingerprint density at radius 3 is 2.47 bits per heavy atom. The second-order valence-electron chi connectivity index (χ2n) is 8.44. The number of ether oxygens (including phenoxy) is 2. The van der Waals surface area contributed by atoms with Crippen molar-refractivity contribution in [3.05, 3.63) is 57.5 Å². The zero-order valence-electron chi connectivity index (χ0n) is 19.8. The number of hydrogen-bond donors (Lipinski definition) is 1. The van der Waals surface area contributed by atoms with Crippen molar-refractivity contribution in [1.29, 1.82) is 0 Å². The molecule has 8 heteroatoms. The van der Waals surface area contributed by atoms with Gasteiger partial charge in [-0.2, -0.15) is 0 Å². The molecule has 1 fully saturated rings. The predicted octanol–water partition coefficient (Wildman–Crippen LogP) is 4.61. The number of carbonyl (C=O) groups is 2. The molecule has 34 heavy (non-hydrogen) atoms. The van der Waals surface area contributed by atoms with Gasteiger partial charge in [0.2, 0.25) is 5.78 Å². The van der Waals surface area contributed by atoms with Crippen LogP contribution in [0.1, 0.15) is 54.4 Å². The highest BCUT2D eigenvalue weighted by molar-refractivity contribution is 7.12. The van der Waals surface area contributed by atoms with Crippen molar-refractivity contribution < 1.29 is 24.2 Å². The van der Waals surface area contributed by atoms with Gasteiger partial charge in [0.05, 0.1) is 29.7 Å². The topological polar surface area (TPSA) is 79.3 Å². The number of rotatable bonds is 10. The van der Waals surface area contributed by atoms with Crippen molar-refractivity contribution in [2.75, 3.05) is 39.4 Å². The molecule has 0 spiro atoms. The van der Waals surface area contributed by atoms with E-state index in [-0.39, 0.29) is 11.4 Å². The molecule has 1 aromatic carbocycles. The average Bonchev–Trinajstić information content (AvgIpc) is 3.47. The van der Waals surface area contributed by atoms with Gasteiger partial charge in [-0.3, -0.25) is 9.59 Å². The fraction of sp³-hybridized carbons (Fsp3) is 0.462. The van der Waals surface area contributed by atoms with E-state index in [0.29, 0.717) is 48.2 Å². The van der Waals surface area contributed by atoms with Crippen LogP contribution in [0.5, 0.6) is 11.5 Å². The molecule has 0 saturated carbocycles. The van der Waals surface area contributed by atoms with Crippen molar-refractivity contribution in [2.45, 2.75) is 39.2 Å². The molecule has 0 aliphatic carbocycles. The maximum Gasteiger partial charge on any atom is 0.290 e. The van der Waals surface area contributed by atoms with Crippen molar-refractivity contribution in [3.8, 4) is 11.5 Å². The zero-order chi connectivity index (χ0) is 24.1. The minimum atomic E-state index is -0.693. The monoisotopic (exact) mass is 484 g/mol. The molecule has 1 saturated heterocycles. The lowest BCUT2D eigenvalue weighted by molar-refractivity contribution is -0.129. The Morgan fingerprint density at radius 2 is 1.79 bits per heavy atom. The van der Waals surface area contributed by atoms with Crippen LogP contribution in [0.15, 0.2) is 47.0 Å². The maximum atomic E-state index is 13.4. The summed E-state index contributed by atoms with van der Waals surface area (Å²) in [7, 11) is 0. The van der Waals surface area contributed by atoms with Crippen LogP contribution >= 0.6 is 11.3 Å². The van der Waals surface area contributed by atoms with E-state index in [1.807, 2.05) is 31.4 Å². The first-order chi connectivity index (χ1) is 16.5. The summed E-state index contributed by atoms with van der Waals surface area (Å²) >= 11 is 1.30. The van der Waals surface area contributed by atoms with Crippen LogP contribution in [-0.2, 0) is 4.79 Å². The molecule has 1 atom stereocenters. The summed E-state index contributed by atoms with van der Waals surface area (Å²) in [6.07, 6.45) is 3.54. The largest absolute Gasteiger partial charge is 0.503 e. The molecule has 1 amide bonds. The maximum absolute atomic E-state index is 13.4. The first-order valence-electron chi connectivity index (χ1n) is 12.0. The van der Waals surface area contributed by atoms with E-state index in [2.05, 4.69) is 4.90 Å². The molecule has 4 rings (SSSR count). The summed E-state index contributed by atoms with van der Waals surface area (Å²) in [5.41, 5.74) is 0.834. The predicted molar refractivity (Wildman–Crippen MR) is 132 cm³/mol. The fourth-order valence-corrected chi connectivity index (χ4v) is 5.35. The van der Waals surface area contributed by atoms with E-state index in [1.165, 1.54) is 17.8 Å². The second kappa shape index (κ2) is 11.1. The summed E-state index contributed by atoms with van der Waals surface area (Å²) in [6, 6.07) is 8.29. The lowest BCUT2D eigenvalue weighted by Gasteiger charge is -2.32. The van der Waals surface area contributed by atoms with Gasteiger partial charge >= 0.3 is 0 Å². The highest BCUT2D eigenvalue weighted by atomic mass is 32.1. The molecule has 0 bridgehead atoms. The van der Waals surface area contributed by atoms with Gasteiger partial charge < -0.3 is 24.4 Å². The quantitative estimate of drug-likeness (QED) is 0.496. The molecular formula is C26H32N2O5S. The van der Waals surface area contributed by atoms with E-state index in [4.69, 9.17) is 9.47 Å². The van der Waals surface area contributed by atoms with Gasteiger partial charge in [-0.15, -0.1) is 11.3 Å². The van der Waals surface area contributed by atoms with E-state index in [0.717, 1.165) is 25.9 Å². The highest BCUT2D eigenvalue weighted by Gasteiger charge is 2.44. The van der Waals surface area contributed by atoms with E-state index < -0.39 is 17.7 Å². The van der Waals surface area contributed by atoms with Crippen LogP contribution in [0.3, 0.4) is 0 Å². The zero-order valence-corrected chi connectivity index (χ0v) is 20.6. The Bertz CT molecular complexity index is 1040. The summed E-state index contributed by atoms with van der Waals surface area (Å²) in [6.45, 7) is 7.87. The first-order valence-corrected chi connectivity index (χ1v) is 12.9. The van der Waals surface area contributed by atoms with Crippen molar-refractivity contribution in [1.82, 2.24) is 9.80 Å². The number of aliphatic hydroxyl groups excluding tert-OH is 1. The number of nitrogens with zero attached hydrogens (tertiary/aromatic N) is 2. The van der Waals surface area contributed by atoms with Gasteiger partial charge in [0, 0.05) is 13.1 Å². The summed E-state index contributed by atoms with van der Waals surface area (Å²) in [5.74, 6) is -0.128. The second-order valence-corrected chi connectivity index (χ2v) is 9.39. The van der Waals surface area contributed by atoms with E-state index >= 15 is 0 Å². The summed E-state index contributed by atoms with van der Waals surface area (Å²) in [4.78, 5) is 31.1. The minimum Gasteiger partial charge on any atom is -0.503 e. The number of benzene rings is 1. The number of aliphatic hydroxyl groups is 1. The van der Waals surface area contributed by atoms with Gasteiger partial charge in [0.15, 0.2) is 17.3 Å². The van der Waals surface area contributed by atoms with Crippen LogP contribution in [-0.4, -0.2) is 66.0 Å². The minimum absolute atomic E-state index is 0.123. The van der Waals surface area contributed by atoms with Crippen LogP contribution in [0.25, 0.3) is 0 Å². The molecule has 0 radical (unpaired) electrons. The number of piperidine rings is 1. The van der Waals surface area contributed by atoms with Crippen molar-refractivity contribution in [3.63, 3.8) is 0 Å². The van der Waals surface area contributed by atoms with Gasteiger partial charge in [0.1, 0.15) is 0 Å². The van der Waals surface area contributed by atoms with E-state index in [1.54, 1.807) is 23.1 Å². The molecule has 1 N–H and O–H groups in total. The van der Waals surface area contributed by atoms with Crippen LogP contribution in [0.2, 0.25) is 0 Å². The lowest BCUT2D eigenvalue weighted by atomic mass is 9.95. The smallest absolute Gasteiger partial charge is 0.290 e. The Balaban J connectivity index is 1.71. The molecule has 1 aromatic heterocycles. The number of likely N-dealkylation sites (tertiary alicyclic amines) is 1. The third-order valence-electron chi connectivity index (χ3n) is 6.28. The van der Waals surface area contributed by atoms with Crippen LogP contribution < -0.4 is 9.47 Å². The number of carbonyl (C=O) groups excluding carboxylic acids is 2. The average molecular weight is 485 g/mol. The summed E-state index contributed by atoms with van der Waals surface area (Å²) in [5, 5.41) is 12.7. The third kappa shape index (κ3) is 4.98. The van der Waals surface area contributed by atoms with Crippen molar-refractivity contribution >= 4 is 23.0 Å². The number of amides is 1. The number of thiophene rings is 1. The Kier molecular flexibility index (Phi) is 7.90. The molecule has 2 aliphatic heterocycles. The van der Waals surface area contributed by atoms with Crippen LogP contribution in [0.4, 0.5) is 0 Å². The SMILES string of the molecule is CCOc1ccc(C2C(C(=O)c3cccs3)=C(O)C(=O)N2CCN2CCCCC2)cc1OCC. The number of Topliss-reactive ketones (excluding diaryl/α,β-unsaturated/α-hetero) is 1. The fourth-order valence-electron chi connectivity index (χ4n) is 4.67. The molecule has 3 heterocycles. The normalized spacial score (nSPS) is 19.1. The molecule has 182 valence electrons. The standard InChI is InChI=1S/C26H32N2O5S/c1-3-32-19-11-10-18(17-20(19)33-4-2)23-22(24(29)21-9-8-16-34-21)25(30)26(31)28(23)15-14-27-12-6-5-7-13-27/h8-11,16-17,23,30H,3-7,12-15H2,1-2H3. The molecule has 1 unspecified atom stereocenters. The molecule has 2 aromatic rings. The number of ketones is 1. The Hall–Kier alpha value is -2.84. The van der Waals surface area contributed by atoms with Gasteiger partial charge in [-0.05, 0) is 68.9 Å². The van der Waals surface area contributed by atoms with E-state index in [9.17, 15) is 14.7 Å². The number of hydrogen-bond acceptors (Lipinski definition) is 7. The molecule has 7 nitrogen and oxygen atoms in total. The van der Waals surface area contributed by atoms with Gasteiger partial charge in [0.25, 0.3) is 5.91 Å². The molecule has 2 aliphatic rings. The van der Waals surface area contributed by atoms with Gasteiger partial charge in [-0.25, -0.2) is 0 Å². The Morgan fingerprint density at radius 1 is 1.06 bits per heavy atom. The lowest BCUT2D eigenvalue weighted by Crippen LogP contribution is -2.40. The first kappa shape index (κ1) is 24.3. The van der Waals surface area contributed by atoms with Crippen molar-refractivity contribution in [2.24, 2.45) is 0 Å². The molecular weight excluding hydrogens is 452 g/mol. The highest BCUT2D eigenvalue weighted by Crippen LogP contribution is 2.42. The van der Waals surface area contributed by atoms with Crippen LogP contribution in [0, 0.1) is 0 Å². The van der Waals surface area contributed by atoms with Gasteiger partial charge in [-0.1, -0.05) is 18.6 Å².